The third-order valence-corrected chi connectivity index (χ3v) is 13.0. The molecule has 84 heavy (non-hydrogen) atoms. The van der Waals surface area contributed by atoms with Crippen molar-refractivity contribution in [3.05, 3.63) is 18.2 Å². The van der Waals surface area contributed by atoms with E-state index in [0.29, 0.717) is 6.42 Å². The zero-order valence-corrected chi connectivity index (χ0v) is 49.1. The minimum absolute atomic E-state index is 0.00542. The van der Waals surface area contributed by atoms with Gasteiger partial charge in [0.1, 0.15) is 54.4 Å². The fraction of sp³-hybridized carbons (Fsp3) is 0.692. The number of imidazole rings is 1. The van der Waals surface area contributed by atoms with Gasteiger partial charge in [-0.3, -0.25) is 57.5 Å². The predicted molar refractivity (Wildman–Crippen MR) is 297 cm³/mol. The highest BCUT2D eigenvalue weighted by atomic mass is 16.4. The molecule has 20 N–H and O–H groups in total. The molecule has 0 saturated carbocycles. The Morgan fingerprint density at radius 1 is 0.548 bits per heavy atom. The standard InChI is InChI=1S/C52H88N14O18/c1-11-26(8)39(54)48(79)58-31(13-15-38(72)73)44(75)65-40(25(6)7)49(80)62-32(16-23(2)3)45(76)61-34(18-29-19-55-22-57-29)46(77)60-33(17-24(4)5)47(78)66-42(28(10)69)51(82)59-30(12-14-36(53)70)43(74)56-20-37(71)64-41(27(9)68)50(81)63-35(21-67)52(83)84/h19,22-28,30-35,39-42,67-69H,11-18,20-21,54H2,1-10H3,(H2,53,70)(H,55,57)(H,56,74)(H,58,79)(H,59,82)(H,60,77)(H,61,76)(H,62,80)(H,63,81)(H,64,71)(H,65,75)(H,66,78)(H,72,73)(H,83,84)/t26-,27+,28+,30-,31-,32-,33-,34-,35-,39-,40-,41-,42-/m0/s1. The Kier molecular flexibility index (Phi) is 32.4. The van der Waals surface area contributed by atoms with E-state index in [9.17, 15) is 82.8 Å². The van der Waals surface area contributed by atoms with Crippen molar-refractivity contribution in [3.8, 4) is 0 Å². The molecule has 32 nitrogen and oxygen atoms in total. The number of nitrogens with two attached hydrogens (primary N) is 2. The molecule has 474 valence electrons. The molecule has 1 aromatic heterocycles. The number of aliphatic carboxylic acids is 2. The lowest BCUT2D eigenvalue weighted by Crippen LogP contribution is -2.62. The first-order valence-corrected chi connectivity index (χ1v) is 27.6. The van der Waals surface area contributed by atoms with Gasteiger partial charge >= 0.3 is 11.9 Å². The van der Waals surface area contributed by atoms with Crippen molar-refractivity contribution in [3.63, 3.8) is 0 Å². The molecule has 0 aliphatic rings. The number of carbonyl (C=O) groups is 13. The summed E-state index contributed by atoms with van der Waals surface area (Å²) in [6.07, 6.45) is -2.28. The third kappa shape index (κ3) is 26.6. The topological polar surface area (TPSA) is 524 Å². The van der Waals surface area contributed by atoms with Crippen LogP contribution in [0.3, 0.4) is 0 Å². The summed E-state index contributed by atoms with van der Waals surface area (Å²) in [4.78, 5) is 178. The molecule has 13 atom stereocenters. The number of carboxylic acid groups (broad SMARTS) is 2. The highest BCUT2D eigenvalue weighted by Gasteiger charge is 2.38. The quantitative estimate of drug-likeness (QED) is 0.0292. The van der Waals surface area contributed by atoms with E-state index in [-0.39, 0.29) is 49.1 Å². The number of nitrogens with zero attached hydrogens (tertiary/aromatic N) is 1. The summed E-state index contributed by atoms with van der Waals surface area (Å²) < 4.78 is 0. The van der Waals surface area contributed by atoms with Gasteiger partial charge in [-0.25, -0.2) is 9.78 Å². The summed E-state index contributed by atoms with van der Waals surface area (Å²) in [5, 5.41) is 72.5. The predicted octanol–water partition coefficient (Wildman–Crippen LogP) is -5.48. The lowest BCUT2D eigenvalue weighted by atomic mass is 9.98. The zero-order valence-electron chi connectivity index (χ0n) is 49.1. The smallest absolute Gasteiger partial charge is 0.328 e. The Balaban J connectivity index is 3.48. The number of aromatic nitrogens is 2. The number of aromatic amines is 1. The molecule has 0 unspecified atom stereocenters. The summed E-state index contributed by atoms with van der Waals surface area (Å²) in [6, 6.07) is -15.2. The van der Waals surface area contributed by atoms with Crippen LogP contribution >= 0.6 is 0 Å². The monoisotopic (exact) mass is 1200 g/mol. The minimum atomic E-state index is -1.86. The fourth-order valence-electron chi connectivity index (χ4n) is 7.98. The van der Waals surface area contributed by atoms with Crippen molar-refractivity contribution < 1.29 is 87.9 Å². The van der Waals surface area contributed by atoms with Crippen molar-refractivity contribution in [1.29, 1.82) is 0 Å². The van der Waals surface area contributed by atoms with E-state index >= 15 is 0 Å². The van der Waals surface area contributed by atoms with Crippen LogP contribution in [0.15, 0.2) is 12.5 Å². The average Bonchev–Trinajstić information content (AvgIpc) is 3.96. The number of H-pyrrole nitrogens is 1. The Hall–Kier alpha value is -7.84. The first-order valence-electron chi connectivity index (χ1n) is 27.6. The van der Waals surface area contributed by atoms with Crippen molar-refractivity contribution in [2.24, 2.45) is 35.1 Å². The number of nitrogens with one attached hydrogen (secondary N) is 11. The van der Waals surface area contributed by atoms with Gasteiger partial charge in [0.05, 0.1) is 43.4 Å². The van der Waals surface area contributed by atoms with Crippen LogP contribution in [0, 0.1) is 23.7 Å². The molecule has 0 aliphatic carbocycles. The van der Waals surface area contributed by atoms with Crippen molar-refractivity contribution >= 4 is 76.9 Å². The van der Waals surface area contributed by atoms with Crippen LogP contribution < -0.4 is 64.6 Å². The molecular formula is C52H88N14O18. The van der Waals surface area contributed by atoms with Gasteiger partial charge < -0.3 is 95.2 Å². The SMILES string of the molecule is CC[C@H](C)[C@H](N)C(=O)N[C@@H](CCC(=O)O)C(=O)N[C@H](C(=O)N[C@@H](CC(C)C)C(=O)N[C@@H](Cc1c[nH]cn1)C(=O)N[C@@H](CC(C)C)C(=O)N[C@H](C(=O)N[C@@H](CCC(N)=O)C(=O)NCC(=O)N[C@H](C(=O)N[C@@H](CO)C(=O)O)[C@@H](C)O)[C@@H](C)O)C(C)C. The van der Waals surface area contributed by atoms with E-state index in [1.165, 1.54) is 12.5 Å². The number of aliphatic hydroxyl groups excluding tert-OH is 3. The van der Waals surface area contributed by atoms with Crippen LogP contribution in [-0.4, -0.2) is 198 Å². The second kappa shape index (κ2) is 36.7. The Labute approximate surface area is 486 Å². The maximum Gasteiger partial charge on any atom is 0.328 e. The molecule has 0 fully saturated rings. The normalized spacial score (nSPS) is 16.0. The van der Waals surface area contributed by atoms with E-state index in [1.807, 2.05) is 12.2 Å². The molecule has 0 bridgehead atoms. The van der Waals surface area contributed by atoms with Crippen molar-refractivity contribution in [2.75, 3.05) is 13.2 Å². The molecular weight excluding hydrogens is 1110 g/mol. The second-order valence-electron chi connectivity index (χ2n) is 21.7. The first kappa shape index (κ1) is 74.2. The van der Waals surface area contributed by atoms with Gasteiger partial charge in [-0.15, -0.1) is 0 Å². The number of primary amides is 1. The second-order valence-corrected chi connectivity index (χ2v) is 21.7. The minimum Gasteiger partial charge on any atom is -0.481 e. The van der Waals surface area contributed by atoms with Gasteiger partial charge in [0.15, 0.2) is 0 Å². The fourth-order valence-corrected chi connectivity index (χ4v) is 7.98. The lowest BCUT2D eigenvalue weighted by molar-refractivity contribution is -0.144. The summed E-state index contributed by atoms with van der Waals surface area (Å²) >= 11 is 0. The Bertz CT molecular complexity index is 2400. The van der Waals surface area contributed by atoms with Crippen LogP contribution in [0.5, 0.6) is 0 Å². The van der Waals surface area contributed by atoms with Gasteiger partial charge in [-0.2, -0.15) is 0 Å². The molecule has 0 aromatic carbocycles. The molecule has 0 spiro atoms. The van der Waals surface area contributed by atoms with E-state index in [0.717, 1.165) is 13.8 Å². The summed E-state index contributed by atoms with van der Waals surface area (Å²) in [7, 11) is 0. The van der Waals surface area contributed by atoms with Crippen LogP contribution in [0.4, 0.5) is 0 Å². The Morgan fingerprint density at radius 3 is 1.44 bits per heavy atom. The van der Waals surface area contributed by atoms with Crippen molar-refractivity contribution in [2.45, 2.75) is 193 Å². The van der Waals surface area contributed by atoms with E-state index in [1.54, 1.807) is 48.5 Å². The van der Waals surface area contributed by atoms with Gasteiger partial charge in [-0.1, -0.05) is 61.8 Å². The van der Waals surface area contributed by atoms with E-state index in [4.69, 9.17) is 16.6 Å². The first-order chi connectivity index (χ1) is 39.1. The van der Waals surface area contributed by atoms with Crippen LogP contribution in [0.1, 0.15) is 120 Å². The number of hydrogen-bond acceptors (Lipinski definition) is 18. The number of hydrogen-bond donors (Lipinski definition) is 18. The molecule has 1 aromatic rings. The number of amides is 11. The molecule has 0 radical (unpaired) electrons. The third-order valence-electron chi connectivity index (χ3n) is 13.0. The van der Waals surface area contributed by atoms with Crippen molar-refractivity contribution in [1.82, 2.24) is 63.1 Å². The zero-order chi connectivity index (χ0) is 64.3. The average molecular weight is 1200 g/mol. The van der Waals surface area contributed by atoms with Crippen LogP contribution in [0.2, 0.25) is 0 Å². The van der Waals surface area contributed by atoms with Gasteiger partial charge in [0.2, 0.25) is 65.0 Å². The van der Waals surface area contributed by atoms with Crippen LogP contribution in [0.25, 0.3) is 0 Å². The highest BCUT2D eigenvalue weighted by Crippen LogP contribution is 2.14. The summed E-state index contributed by atoms with van der Waals surface area (Å²) in [5.74, 6) is -15.2. The number of rotatable bonds is 39. The Morgan fingerprint density at radius 2 is 0.976 bits per heavy atom. The molecule has 1 rings (SSSR count). The van der Waals surface area contributed by atoms with E-state index in [2.05, 4.69) is 57.8 Å². The van der Waals surface area contributed by atoms with Gasteiger partial charge in [0.25, 0.3) is 0 Å². The maximum atomic E-state index is 14.4. The molecule has 1 heterocycles. The molecule has 0 aliphatic heterocycles. The summed E-state index contributed by atoms with van der Waals surface area (Å²) in [6.45, 7) is 13.9. The van der Waals surface area contributed by atoms with E-state index < -0.39 is 188 Å². The van der Waals surface area contributed by atoms with Gasteiger partial charge in [0, 0.05) is 25.5 Å². The van der Waals surface area contributed by atoms with Gasteiger partial charge in [-0.05, 0) is 63.2 Å². The molecule has 0 saturated heterocycles. The number of carboxylic acids is 2. The molecule has 32 heteroatoms. The largest absolute Gasteiger partial charge is 0.481 e. The van der Waals surface area contributed by atoms with Crippen LogP contribution in [-0.2, 0) is 68.7 Å². The summed E-state index contributed by atoms with van der Waals surface area (Å²) in [5.41, 5.74) is 11.6. The number of carbonyl (C=O) groups excluding carboxylic acids is 11. The lowest BCUT2D eigenvalue weighted by Gasteiger charge is -2.30. The highest BCUT2D eigenvalue weighted by molar-refractivity contribution is 5.99. The molecule has 11 amide bonds. The number of aliphatic hydroxyl groups is 3. The maximum absolute atomic E-state index is 14.4.